The Morgan fingerprint density at radius 2 is 1.69 bits per heavy atom. The lowest BCUT2D eigenvalue weighted by atomic mass is 10.2. The predicted molar refractivity (Wildman–Crippen MR) is 168 cm³/mol. The number of rotatable bonds is 16. The topological polar surface area (TPSA) is 205 Å². The molecule has 0 saturated heterocycles. The third kappa shape index (κ3) is 8.72. The molecule has 1 atom stereocenters. The number of carbonyl (C=O) groups is 1. The molecular weight excluding hydrogens is 652 g/mol. The summed E-state index contributed by atoms with van der Waals surface area (Å²) in [5, 5.41) is 9.01. The van der Waals surface area contributed by atoms with Gasteiger partial charge in [-0.1, -0.05) is 18.2 Å². The highest BCUT2D eigenvalue weighted by molar-refractivity contribution is 7.92. The molecule has 48 heavy (non-hydrogen) atoms. The van der Waals surface area contributed by atoms with Crippen molar-refractivity contribution in [1.29, 1.82) is 0 Å². The Hall–Kier alpha value is -5.78. The highest BCUT2D eigenvalue weighted by Crippen LogP contribution is 2.44. The summed E-state index contributed by atoms with van der Waals surface area (Å²) in [6, 6.07) is 12.6. The first-order valence-corrected chi connectivity index (χ1v) is 15.7. The zero-order chi connectivity index (χ0) is 34.7. The van der Waals surface area contributed by atoms with Crippen LogP contribution in [0.2, 0.25) is 0 Å². The smallest absolute Gasteiger partial charge is 0.493 e. The summed E-state index contributed by atoms with van der Waals surface area (Å²) < 4.78 is 57.3. The van der Waals surface area contributed by atoms with Gasteiger partial charge in [-0.2, -0.15) is 13.4 Å². The van der Waals surface area contributed by atoms with E-state index in [4.69, 9.17) is 23.7 Å². The lowest BCUT2D eigenvalue weighted by molar-refractivity contribution is -0.757. The number of sulfonamides is 1. The summed E-state index contributed by atoms with van der Waals surface area (Å²) >= 11 is 0. The molecule has 17 nitrogen and oxygen atoms in total. The largest absolute Gasteiger partial charge is 0.510 e. The van der Waals surface area contributed by atoms with Crippen LogP contribution >= 0.6 is 0 Å². The van der Waals surface area contributed by atoms with Gasteiger partial charge in [-0.3, -0.25) is 4.98 Å². The second-order valence-corrected chi connectivity index (χ2v) is 11.5. The highest BCUT2D eigenvalue weighted by atomic mass is 32.2. The van der Waals surface area contributed by atoms with Crippen LogP contribution < -0.4 is 18.5 Å². The van der Waals surface area contributed by atoms with Gasteiger partial charge in [0.2, 0.25) is 5.75 Å². The van der Waals surface area contributed by atoms with Crippen molar-refractivity contribution >= 4 is 22.0 Å². The Labute approximate surface area is 275 Å². The van der Waals surface area contributed by atoms with Crippen molar-refractivity contribution in [2.45, 2.75) is 37.9 Å². The number of benzene rings is 1. The first-order valence-electron chi connectivity index (χ1n) is 14.3. The molecule has 4 aromatic rings. The summed E-state index contributed by atoms with van der Waals surface area (Å²) in [5.41, 5.74) is 1.15. The van der Waals surface area contributed by atoms with E-state index < -0.39 is 32.5 Å². The highest BCUT2D eigenvalue weighted by Gasteiger charge is 2.39. The van der Waals surface area contributed by atoms with Crippen molar-refractivity contribution in [2.24, 2.45) is 0 Å². The van der Waals surface area contributed by atoms with Gasteiger partial charge in [-0.15, -0.1) is 10.1 Å². The fourth-order valence-corrected chi connectivity index (χ4v) is 5.56. The maximum absolute atomic E-state index is 14.4. The molecular formula is C30H32N6O11S. The number of methoxy groups -OCH3 is 2. The number of hydrogen-bond acceptors (Lipinski definition) is 15. The van der Waals surface area contributed by atoms with Crippen LogP contribution in [0.1, 0.15) is 25.3 Å². The first-order chi connectivity index (χ1) is 23.0. The fourth-order valence-electron chi connectivity index (χ4n) is 4.15. The van der Waals surface area contributed by atoms with Crippen molar-refractivity contribution in [1.82, 2.24) is 19.9 Å². The molecule has 0 aliphatic rings. The van der Waals surface area contributed by atoms with Crippen LogP contribution in [0.5, 0.6) is 23.1 Å². The number of para-hydroxylation sites is 2. The van der Waals surface area contributed by atoms with Gasteiger partial charge in [-0.05, 0) is 62.6 Å². The van der Waals surface area contributed by atoms with E-state index in [9.17, 15) is 23.3 Å². The standard InChI is InChI=1S/C30H32N6O11S/c1-20-11-12-25(32-19-20)48(40,41)35(21(2)46-30(37)44-17-7-8-18-45-36(38)39)28-26(47-24-10-6-5-9-23(24)42-3)29(43-4)34-27(33-28)22-13-15-31-16-14-22/h5-6,9-16,19,21H,7-8,17-18H2,1-4H3. The number of aromatic nitrogens is 4. The third-order valence-corrected chi connectivity index (χ3v) is 8.16. The van der Waals surface area contributed by atoms with Gasteiger partial charge in [0.25, 0.3) is 21.0 Å². The van der Waals surface area contributed by atoms with E-state index in [0.717, 1.165) is 0 Å². The van der Waals surface area contributed by atoms with E-state index in [1.807, 2.05) is 0 Å². The summed E-state index contributed by atoms with van der Waals surface area (Å²) in [5.74, 6) is -0.305. The lowest BCUT2D eigenvalue weighted by Gasteiger charge is -2.30. The Balaban J connectivity index is 1.83. The zero-order valence-corrected chi connectivity index (χ0v) is 27.2. The molecule has 3 aromatic heterocycles. The molecule has 1 unspecified atom stereocenters. The van der Waals surface area contributed by atoms with Crippen molar-refractivity contribution in [3.63, 3.8) is 0 Å². The minimum absolute atomic E-state index is 0.0282. The summed E-state index contributed by atoms with van der Waals surface area (Å²) in [7, 11) is -1.93. The summed E-state index contributed by atoms with van der Waals surface area (Å²) in [6.45, 7) is 2.64. The van der Waals surface area contributed by atoms with Crippen molar-refractivity contribution in [3.8, 4) is 34.5 Å². The van der Waals surface area contributed by atoms with Crippen molar-refractivity contribution < 1.29 is 46.8 Å². The van der Waals surface area contributed by atoms with Gasteiger partial charge >= 0.3 is 6.16 Å². The quantitative estimate of drug-likeness (QED) is 0.0514. The normalized spacial score (nSPS) is 11.6. The number of pyridine rings is 2. The number of carbonyl (C=O) groups excluding carboxylic acids is 1. The molecule has 0 bridgehead atoms. The van der Waals surface area contributed by atoms with Gasteiger partial charge < -0.3 is 28.5 Å². The van der Waals surface area contributed by atoms with E-state index in [2.05, 4.69) is 24.8 Å². The maximum Gasteiger partial charge on any atom is 0.510 e. The van der Waals surface area contributed by atoms with Gasteiger partial charge in [0, 0.05) is 24.2 Å². The van der Waals surface area contributed by atoms with Crippen molar-refractivity contribution in [3.05, 3.63) is 82.8 Å². The molecule has 0 saturated carbocycles. The second kappa shape index (κ2) is 16.2. The molecule has 0 amide bonds. The molecule has 0 fully saturated rings. The number of nitrogens with zero attached hydrogens (tertiary/aromatic N) is 6. The zero-order valence-electron chi connectivity index (χ0n) is 26.3. The van der Waals surface area contributed by atoms with Gasteiger partial charge in [-0.25, -0.2) is 19.1 Å². The molecule has 0 spiro atoms. The van der Waals surface area contributed by atoms with E-state index >= 15 is 0 Å². The summed E-state index contributed by atoms with van der Waals surface area (Å²) in [6.07, 6.45) is 1.95. The first kappa shape index (κ1) is 35.1. The summed E-state index contributed by atoms with van der Waals surface area (Å²) in [4.78, 5) is 44.5. The van der Waals surface area contributed by atoms with Crippen LogP contribution in [0.15, 0.2) is 72.1 Å². The van der Waals surface area contributed by atoms with Gasteiger partial charge in [0.05, 0.1) is 27.4 Å². The monoisotopic (exact) mass is 684 g/mol. The van der Waals surface area contributed by atoms with Crippen LogP contribution in [0, 0.1) is 17.0 Å². The van der Waals surface area contributed by atoms with Crippen molar-refractivity contribution in [2.75, 3.05) is 31.7 Å². The minimum atomic E-state index is -4.67. The molecule has 0 radical (unpaired) electrons. The fraction of sp³-hybridized carbons (Fsp3) is 0.300. The number of unbranched alkanes of at least 4 members (excludes halogenated alkanes) is 1. The number of hydrogen-bond donors (Lipinski definition) is 0. The molecule has 18 heteroatoms. The molecule has 0 aliphatic heterocycles. The average molecular weight is 685 g/mol. The molecule has 4 rings (SSSR count). The van der Waals surface area contributed by atoms with Gasteiger partial charge in [0.1, 0.15) is 0 Å². The SMILES string of the molecule is COc1ccccc1Oc1c(OC)nc(-c2ccncc2)nc1N(C(C)OC(=O)OCCCCO[N+](=O)[O-])S(=O)(=O)c1ccc(C)cn1. The van der Waals surface area contributed by atoms with Gasteiger partial charge in [0.15, 0.2) is 34.4 Å². The second-order valence-electron chi connectivity index (χ2n) is 9.75. The maximum atomic E-state index is 14.4. The Kier molecular flexibility index (Phi) is 11.8. The van der Waals surface area contributed by atoms with Crippen LogP contribution in [-0.2, 0) is 24.3 Å². The van der Waals surface area contributed by atoms with E-state index in [-0.39, 0.29) is 55.1 Å². The van der Waals surface area contributed by atoms with Crippen LogP contribution in [0.3, 0.4) is 0 Å². The van der Waals surface area contributed by atoms with E-state index in [1.165, 1.54) is 45.8 Å². The Bertz CT molecular complexity index is 1810. The molecule has 0 aliphatic carbocycles. The molecule has 3 heterocycles. The average Bonchev–Trinajstić information content (AvgIpc) is 3.07. The number of aryl methyl sites for hydroxylation is 1. The van der Waals surface area contributed by atoms with E-state index in [0.29, 0.717) is 21.2 Å². The van der Waals surface area contributed by atoms with Crippen LogP contribution in [0.25, 0.3) is 11.4 Å². The predicted octanol–water partition coefficient (Wildman–Crippen LogP) is 4.73. The third-order valence-electron chi connectivity index (χ3n) is 6.40. The number of anilines is 1. The minimum Gasteiger partial charge on any atom is -0.493 e. The lowest BCUT2D eigenvalue weighted by Crippen LogP contribution is -2.42. The molecule has 254 valence electrons. The molecule has 0 N–H and O–H groups in total. The van der Waals surface area contributed by atoms with Crippen LogP contribution in [-0.4, -0.2) is 73.3 Å². The number of ether oxygens (including phenoxy) is 5. The van der Waals surface area contributed by atoms with E-state index in [1.54, 1.807) is 49.4 Å². The van der Waals surface area contributed by atoms with Crippen LogP contribution in [0.4, 0.5) is 10.6 Å². The molecule has 1 aromatic carbocycles. The Morgan fingerprint density at radius 3 is 2.33 bits per heavy atom. The Morgan fingerprint density at radius 1 is 0.979 bits per heavy atom.